The van der Waals surface area contributed by atoms with Gasteiger partial charge < -0.3 is 10.6 Å². The highest BCUT2D eigenvalue weighted by Gasteiger charge is 2.37. The number of rotatable bonds is 5. The van der Waals surface area contributed by atoms with Crippen LogP contribution in [0.4, 0.5) is 5.13 Å². The number of anilines is 1. The molecule has 2 N–H and O–H groups in total. The van der Waals surface area contributed by atoms with E-state index in [1.807, 2.05) is 6.92 Å². The molecule has 1 amide bonds. The lowest BCUT2D eigenvalue weighted by atomic mass is 10.1. The molecule has 0 aliphatic heterocycles. The molecule has 0 atom stereocenters. The number of hydrogen-bond acceptors (Lipinski definition) is 5. The summed E-state index contributed by atoms with van der Waals surface area (Å²) < 4.78 is 0. The highest BCUT2D eigenvalue weighted by Crippen LogP contribution is 2.44. The minimum atomic E-state index is -0.116. The Hall–Kier alpha value is -1.17. The molecule has 0 unspecified atom stereocenters. The zero-order valence-electron chi connectivity index (χ0n) is 9.54. The number of carbonyl (C=O) groups excluding carboxylic acids is 1. The molecule has 88 valence electrons. The van der Waals surface area contributed by atoms with Gasteiger partial charge in [0.15, 0.2) is 0 Å². The van der Waals surface area contributed by atoms with Gasteiger partial charge in [-0.2, -0.15) is 0 Å². The van der Waals surface area contributed by atoms with Crippen molar-refractivity contribution in [1.29, 1.82) is 0 Å². The molecule has 1 aromatic heterocycles. The second-order valence-electron chi connectivity index (χ2n) is 4.44. The van der Waals surface area contributed by atoms with E-state index >= 15 is 0 Å². The summed E-state index contributed by atoms with van der Waals surface area (Å²) in [6, 6.07) is 0. The molecule has 1 saturated carbocycles. The van der Waals surface area contributed by atoms with Crippen molar-refractivity contribution in [2.24, 2.45) is 5.41 Å². The average Bonchev–Trinajstić information content (AvgIpc) is 2.81. The van der Waals surface area contributed by atoms with E-state index in [0.29, 0.717) is 15.6 Å². The summed E-state index contributed by atoms with van der Waals surface area (Å²) in [5.41, 5.74) is 0.324. The maximum absolute atomic E-state index is 11.7. The molecule has 2 rings (SSSR count). The van der Waals surface area contributed by atoms with Crippen LogP contribution in [0.1, 0.15) is 36.5 Å². The van der Waals surface area contributed by atoms with E-state index < -0.39 is 0 Å². The van der Waals surface area contributed by atoms with E-state index in [-0.39, 0.29) is 5.91 Å². The molecule has 0 radical (unpaired) electrons. The fourth-order valence-corrected chi connectivity index (χ4v) is 2.02. The van der Waals surface area contributed by atoms with Crippen LogP contribution in [0.25, 0.3) is 0 Å². The smallest absolute Gasteiger partial charge is 0.282 e. The molecule has 1 aliphatic rings. The monoisotopic (exact) mass is 240 g/mol. The summed E-state index contributed by atoms with van der Waals surface area (Å²) in [5, 5.41) is 14.8. The number of nitrogens with zero attached hydrogens (tertiary/aromatic N) is 2. The molecule has 6 heteroatoms. The van der Waals surface area contributed by atoms with Crippen LogP contribution in [0, 0.1) is 5.41 Å². The van der Waals surface area contributed by atoms with Gasteiger partial charge in [-0.1, -0.05) is 18.3 Å². The second-order valence-corrected chi connectivity index (χ2v) is 5.41. The van der Waals surface area contributed by atoms with Gasteiger partial charge in [-0.05, 0) is 25.2 Å². The first-order valence-electron chi connectivity index (χ1n) is 5.48. The lowest BCUT2D eigenvalue weighted by Gasteiger charge is -2.07. The molecule has 16 heavy (non-hydrogen) atoms. The molecule has 1 fully saturated rings. The Morgan fingerprint density at radius 1 is 1.50 bits per heavy atom. The fraction of sp³-hybridized carbons (Fsp3) is 0.700. The van der Waals surface area contributed by atoms with Crippen LogP contribution in [0.5, 0.6) is 0 Å². The first kappa shape index (κ1) is 11.3. The Labute approximate surface area is 98.7 Å². The minimum absolute atomic E-state index is 0.116. The molecule has 0 saturated heterocycles. The predicted molar refractivity (Wildman–Crippen MR) is 63.7 cm³/mol. The van der Waals surface area contributed by atoms with Gasteiger partial charge >= 0.3 is 0 Å². The highest BCUT2D eigenvalue weighted by molar-refractivity contribution is 7.17. The lowest BCUT2D eigenvalue weighted by molar-refractivity contribution is 0.0945. The molecular formula is C10H16N4OS. The molecule has 0 spiro atoms. The van der Waals surface area contributed by atoms with Crippen LogP contribution < -0.4 is 10.6 Å². The Bertz CT molecular complexity index is 386. The summed E-state index contributed by atoms with van der Waals surface area (Å²) in [6.07, 6.45) is 2.40. The largest absolute Gasteiger partial charge is 0.360 e. The summed E-state index contributed by atoms with van der Waals surface area (Å²) in [6.45, 7) is 5.68. The van der Waals surface area contributed by atoms with Crippen LogP contribution in [0.3, 0.4) is 0 Å². The number of aromatic nitrogens is 2. The first-order chi connectivity index (χ1) is 7.63. The summed E-state index contributed by atoms with van der Waals surface area (Å²) in [5.74, 6) is -0.116. The van der Waals surface area contributed by atoms with E-state index in [4.69, 9.17) is 0 Å². The van der Waals surface area contributed by atoms with E-state index in [9.17, 15) is 4.79 Å². The average molecular weight is 240 g/mol. The van der Waals surface area contributed by atoms with E-state index in [2.05, 4.69) is 27.8 Å². The molecule has 0 aromatic carbocycles. The van der Waals surface area contributed by atoms with Gasteiger partial charge in [0.1, 0.15) is 0 Å². The third kappa shape index (κ3) is 2.69. The van der Waals surface area contributed by atoms with Gasteiger partial charge in [-0.15, -0.1) is 10.2 Å². The zero-order valence-corrected chi connectivity index (χ0v) is 10.4. The van der Waals surface area contributed by atoms with Crippen LogP contribution >= 0.6 is 11.3 Å². The van der Waals surface area contributed by atoms with Gasteiger partial charge in [-0.25, -0.2) is 0 Å². The van der Waals surface area contributed by atoms with Crippen molar-refractivity contribution in [2.45, 2.75) is 26.7 Å². The molecular weight excluding hydrogens is 224 g/mol. The van der Waals surface area contributed by atoms with Gasteiger partial charge in [0.25, 0.3) is 5.91 Å². The zero-order chi connectivity index (χ0) is 11.6. The topological polar surface area (TPSA) is 66.9 Å². The third-order valence-corrected chi connectivity index (χ3v) is 3.61. The standard InChI is InChI=1S/C10H16N4OS/c1-3-11-9-14-13-8(16-9)7(15)12-6-10(2)4-5-10/h3-6H2,1-2H3,(H,11,14)(H,12,15). The van der Waals surface area contributed by atoms with Crippen molar-refractivity contribution in [3.8, 4) is 0 Å². The lowest BCUT2D eigenvalue weighted by Crippen LogP contribution is -2.28. The van der Waals surface area contributed by atoms with Gasteiger partial charge in [0, 0.05) is 13.1 Å². The van der Waals surface area contributed by atoms with Crippen molar-refractivity contribution in [1.82, 2.24) is 15.5 Å². The van der Waals surface area contributed by atoms with Gasteiger partial charge in [-0.3, -0.25) is 4.79 Å². The van der Waals surface area contributed by atoms with Crippen LogP contribution in [0.2, 0.25) is 0 Å². The van der Waals surface area contributed by atoms with E-state index in [0.717, 1.165) is 13.1 Å². The first-order valence-corrected chi connectivity index (χ1v) is 6.30. The van der Waals surface area contributed by atoms with Gasteiger partial charge in [0.2, 0.25) is 10.1 Å². The van der Waals surface area contributed by atoms with Gasteiger partial charge in [0.05, 0.1) is 0 Å². The molecule has 1 aliphatic carbocycles. The van der Waals surface area contributed by atoms with Crippen molar-refractivity contribution >= 4 is 22.4 Å². The van der Waals surface area contributed by atoms with E-state index in [1.54, 1.807) is 0 Å². The van der Waals surface area contributed by atoms with Crippen LogP contribution in [-0.4, -0.2) is 29.2 Å². The van der Waals surface area contributed by atoms with Crippen LogP contribution in [-0.2, 0) is 0 Å². The second kappa shape index (κ2) is 4.37. The predicted octanol–water partition coefficient (Wildman–Crippen LogP) is 1.50. The van der Waals surface area contributed by atoms with Crippen molar-refractivity contribution in [3.05, 3.63) is 5.01 Å². The van der Waals surface area contributed by atoms with Crippen molar-refractivity contribution in [2.75, 3.05) is 18.4 Å². The Balaban J connectivity index is 1.87. The summed E-state index contributed by atoms with van der Waals surface area (Å²) >= 11 is 1.29. The van der Waals surface area contributed by atoms with E-state index in [1.165, 1.54) is 24.2 Å². The quantitative estimate of drug-likeness (QED) is 0.818. The summed E-state index contributed by atoms with van der Waals surface area (Å²) in [7, 11) is 0. The fourth-order valence-electron chi connectivity index (χ4n) is 1.30. The normalized spacial score (nSPS) is 16.9. The maximum atomic E-state index is 11.7. The highest BCUT2D eigenvalue weighted by atomic mass is 32.1. The Kier molecular flexibility index (Phi) is 3.09. The number of hydrogen-bond donors (Lipinski definition) is 2. The molecule has 1 aromatic rings. The molecule has 1 heterocycles. The molecule has 0 bridgehead atoms. The minimum Gasteiger partial charge on any atom is -0.360 e. The number of amides is 1. The number of nitrogens with one attached hydrogen (secondary N) is 2. The maximum Gasteiger partial charge on any atom is 0.282 e. The Morgan fingerprint density at radius 3 is 2.88 bits per heavy atom. The van der Waals surface area contributed by atoms with Crippen molar-refractivity contribution < 1.29 is 4.79 Å². The Morgan fingerprint density at radius 2 is 2.25 bits per heavy atom. The van der Waals surface area contributed by atoms with Crippen LogP contribution in [0.15, 0.2) is 0 Å². The summed E-state index contributed by atoms with van der Waals surface area (Å²) in [4.78, 5) is 11.7. The molecule has 5 nitrogen and oxygen atoms in total. The third-order valence-electron chi connectivity index (χ3n) is 2.73. The SMILES string of the molecule is CCNc1nnc(C(=O)NCC2(C)CC2)s1. The van der Waals surface area contributed by atoms with Crippen molar-refractivity contribution in [3.63, 3.8) is 0 Å². The number of carbonyl (C=O) groups is 1.